The number of aryl methyl sites for hydroxylation is 2. The van der Waals surface area contributed by atoms with Gasteiger partial charge in [-0.1, -0.05) is 13.3 Å². The highest BCUT2D eigenvalue weighted by atomic mass is 15.0. The van der Waals surface area contributed by atoms with Crippen molar-refractivity contribution in [2.75, 3.05) is 6.54 Å². The van der Waals surface area contributed by atoms with Gasteiger partial charge in [0.1, 0.15) is 5.82 Å². The Morgan fingerprint density at radius 2 is 2.44 bits per heavy atom. The molecular formula is C13H23N3. The molecule has 2 atom stereocenters. The highest BCUT2D eigenvalue weighted by Gasteiger charge is 2.35. The predicted octanol–water partition coefficient (Wildman–Crippen LogP) is 2.12. The maximum Gasteiger partial charge on any atom is 0.108 e. The molecule has 1 aliphatic rings. The zero-order chi connectivity index (χ0) is 11.6. The summed E-state index contributed by atoms with van der Waals surface area (Å²) < 4.78 is 2.11. The minimum atomic E-state index is 0.394. The monoisotopic (exact) mass is 221 g/mol. The van der Waals surface area contributed by atoms with Crippen LogP contribution in [0, 0.1) is 11.3 Å². The van der Waals surface area contributed by atoms with Crippen LogP contribution in [0.4, 0.5) is 0 Å². The van der Waals surface area contributed by atoms with Gasteiger partial charge in [0.05, 0.1) is 0 Å². The third-order valence-corrected chi connectivity index (χ3v) is 4.18. The van der Waals surface area contributed by atoms with Crippen molar-refractivity contribution >= 4 is 0 Å². The van der Waals surface area contributed by atoms with Crippen LogP contribution < -0.4 is 5.73 Å². The normalized spacial score (nSPS) is 29.8. The second kappa shape index (κ2) is 4.58. The third kappa shape index (κ3) is 2.29. The van der Waals surface area contributed by atoms with Crippen molar-refractivity contribution in [3.63, 3.8) is 0 Å². The fourth-order valence-corrected chi connectivity index (χ4v) is 3.02. The van der Waals surface area contributed by atoms with E-state index < -0.39 is 0 Å². The number of nitrogens with two attached hydrogens (primary N) is 1. The van der Waals surface area contributed by atoms with Gasteiger partial charge in [-0.15, -0.1) is 0 Å². The van der Waals surface area contributed by atoms with E-state index in [2.05, 4.69) is 23.5 Å². The van der Waals surface area contributed by atoms with Gasteiger partial charge in [0, 0.05) is 25.9 Å². The van der Waals surface area contributed by atoms with Gasteiger partial charge in [0.15, 0.2) is 0 Å². The standard InChI is InChI=1S/C13H23N3/c1-11-3-5-13(9-11,10-14)6-4-12-15-7-8-16(12)2/h7-8,11H,3-6,9-10,14H2,1-2H3. The molecule has 0 aromatic carbocycles. The molecule has 3 heteroatoms. The van der Waals surface area contributed by atoms with Gasteiger partial charge in [0.2, 0.25) is 0 Å². The zero-order valence-corrected chi connectivity index (χ0v) is 10.4. The second-order valence-corrected chi connectivity index (χ2v) is 5.51. The van der Waals surface area contributed by atoms with E-state index in [1.54, 1.807) is 0 Å². The fraction of sp³-hybridized carbons (Fsp3) is 0.769. The Morgan fingerprint density at radius 3 is 2.94 bits per heavy atom. The molecule has 1 heterocycles. The topological polar surface area (TPSA) is 43.8 Å². The van der Waals surface area contributed by atoms with Crippen molar-refractivity contribution in [1.82, 2.24) is 9.55 Å². The van der Waals surface area contributed by atoms with Crippen LogP contribution in [0.15, 0.2) is 12.4 Å². The number of rotatable bonds is 4. The van der Waals surface area contributed by atoms with Crippen molar-refractivity contribution in [2.45, 2.75) is 39.0 Å². The number of aromatic nitrogens is 2. The smallest absolute Gasteiger partial charge is 0.108 e. The van der Waals surface area contributed by atoms with E-state index in [0.717, 1.165) is 18.9 Å². The van der Waals surface area contributed by atoms with Gasteiger partial charge in [-0.25, -0.2) is 4.98 Å². The molecular weight excluding hydrogens is 198 g/mol. The number of imidazole rings is 1. The Bertz CT molecular complexity index is 345. The van der Waals surface area contributed by atoms with Crippen LogP contribution in [0.5, 0.6) is 0 Å². The molecule has 3 nitrogen and oxygen atoms in total. The highest BCUT2D eigenvalue weighted by Crippen LogP contribution is 2.43. The summed E-state index contributed by atoms with van der Waals surface area (Å²) in [6.07, 6.45) is 10.1. The molecule has 0 bridgehead atoms. The van der Waals surface area contributed by atoms with Crippen LogP contribution in [-0.2, 0) is 13.5 Å². The first-order valence-electron chi connectivity index (χ1n) is 6.31. The van der Waals surface area contributed by atoms with E-state index in [0.29, 0.717) is 5.41 Å². The Hall–Kier alpha value is -0.830. The first-order chi connectivity index (χ1) is 7.65. The summed E-state index contributed by atoms with van der Waals surface area (Å²) in [5.74, 6) is 2.04. The summed E-state index contributed by atoms with van der Waals surface area (Å²) in [6.45, 7) is 3.18. The van der Waals surface area contributed by atoms with Gasteiger partial charge in [0.25, 0.3) is 0 Å². The molecule has 1 aliphatic carbocycles. The lowest BCUT2D eigenvalue weighted by Gasteiger charge is -2.27. The van der Waals surface area contributed by atoms with Crippen molar-refractivity contribution in [1.29, 1.82) is 0 Å². The molecule has 2 unspecified atom stereocenters. The molecule has 0 amide bonds. The maximum absolute atomic E-state index is 5.98. The van der Waals surface area contributed by atoms with Gasteiger partial charge < -0.3 is 10.3 Å². The van der Waals surface area contributed by atoms with Gasteiger partial charge >= 0.3 is 0 Å². The lowest BCUT2D eigenvalue weighted by Crippen LogP contribution is -2.28. The molecule has 2 N–H and O–H groups in total. The van der Waals surface area contributed by atoms with Crippen molar-refractivity contribution in [2.24, 2.45) is 24.1 Å². The van der Waals surface area contributed by atoms with Gasteiger partial charge in [-0.05, 0) is 37.1 Å². The fourth-order valence-electron chi connectivity index (χ4n) is 3.02. The van der Waals surface area contributed by atoms with Crippen LogP contribution in [-0.4, -0.2) is 16.1 Å². The van der Waals surface area contributed by atoms with E-state index in [-0.39, 0.29) is 0 Å². The third-order valence-electron chi connectivity index (χ3n) is 4.18. The van der Waals surface area contributed by atoms with Crippen molar-refractivity contribution in [3.05, 3.63) is 18.2 Å². The molecule has 1 aromatic rings. The SMILES string of the molecule is CC1CCC(CN)(CCc2nccn2C)C1. The van der Waals surface area contributed by atoms with Crippen LogP contribution in [0.2, 0.25) is 0 Å². The summed E-state index contributed by atoms with van der Waals surface area (Å²) in [6, 6.07) is 0. The average molecular weight is 221 g/mol. The Kier molecular flexibility index (Phi) is 3.33. The molecule has 16 heavy (non-hydrogen) atoms. The summed E-state index contributed by atoms with van der Waals surface area (Å²) in [5.41, 5.74) is 6.38. The zero-order valence-electron chi connectivity index (χ0n) is 10.4. The van der Waals surface area contributed by atoms with Crippen LogP contribution >= 0.6 is 0 Å². The summed E-state index contributed by atoms with van der Waals surface area (Å²) in [5, 5.41) is 0. The van der Waals surface area contributed by atoms with Crippen molar-refractivity contribution < 1.29 is 0 Å². The molecule has 90 valence electrons. The minimum absolute atomic E-state index is 0.394. The molecule has 0 saturated heterocycles. The minimum Gasteiger partial charge on any atom is -0.338 e. The van der Waals surface area contributed by atoms with Crippen LogP contribution in [0.25, 0.3) is 0 Å². The summed E-state index contributed by atoms with van der Waals surface area (Å²) in [7, 11) is 2.06. The molecule has 0 aliphatic heterocycles. The second-order valence-electron chi connectivity index (χ2n) is 5.51. The first kappa shape index (κ1) is 11.6. The van der Waals surface area contributed by atoms with E-state index in [1.807, 2.05) is 12.4 Å². The van der Waals surface area contributed by atoms with E-state index in [9.17, 15) is 0 Å². The molecule has 0 radical (unpaired) electrons. The van der Waals surface area contributed by atoms with Gasteiger partial charge in [-0.2, -0.15) is 0 Å². The number of hydrogen-bond acceptors (Lipinski definition) is 2. The maximum atomic E-state index is 5.98. The Morgan fingerprint density at radius 1 is 1.62 bits per heavy atom. The number of hydrogen-bond donors (Lipinski definition) is 1. The van der Waals surface area contributed by atoms with E-state index >= 15 is 0 Å². The number of nitrogens with zero attached hydrogens (tertiary/aromatic N) is 2. The summed E-state index contributed by atoms with van der Waals surface area (Å²) >= 11 is 0. The lowest BCUT2D eigenvalue weighted by molar-refractivity contribution is 0.271. The Labute approximate surface area is 98.1 Å². The largest absolute Gasteiger partial charge is 0.338 e. The van der Waals surface area contributed by atoms with Crippen LogP contribution in [0.3, 0.4) is 0 Å². The van der Waals surface area contributed by atoms with Crippen LogP contribution in [0.1, 0.15) is 38.4 Å². The summed E-state index contributed by atoms with van der Waals surface area (Å²) in [4.78, 5) is 4.38. The quantitative estimate of drug-likeness (QED) is 0.846. The van der Waals surface area contributed by atoms with E-state index in [4.69, 9.17) is 5.73 Å². The Balaban J connectivity index is 1.96. The molecule has 1 saturated carbocycles. The van der Waals surface area contributed by atoms with Gasteiger partial charge in [-0.3, -0.25) is 0 Å². The molecule has 2 rings (SSSR count). The highest BCUT2D eigenvalue weighted by molar-refractivity contribution is 4.96. The predicted molar refractivity (Wildman–Crippen MR) is 66.0 cm³/mol. The molecule has 0 spiro atoms. The first-order valence-corrected chi connectivity index (χ1v) is 6.31. The average Bonchev–Trinajstić information content (AvgIpc) is 2.83. The molecule has 1 aromatic heterocycles. The van der Waals surface area contributed by atoms with E-state index in [1.165, 1.54) is 31.5 Å². The lowest BCUT2D eigenvalue weighted by atomic mass is 9.81. The molecule has 1 fully saturated rings. The van der Waals surface area contributed by atoms with Crippen molar-refractivity contribution in [3.8, 4) is 0 Å².